The molecule has 0 saturated heterocycles. The van der Waals surface area contributed by atoms with Crippen molar-refractivity contribution in [3.8, 4) is 0 Å². The van der Waals surface area contributed by atoms with Crippen LogP contribution in [-0.4, -0.2) is 9.55 Å². The highest BCUT2D eigenvalue weighted by Crippen LogP contribution is 2.30. The van der Waals surface area contributed by atoms with Gasteiger partial charge in [0.2, 0.25) is 0 Å². The molecule has 1 N–H and O–H groups in total. The fourth-order valence-corrected chi connectivity index (χ4v) is 3.48. The third kappa shape index (κ3) is 3.43. The first kappa shape index (κ1) is 17.3. The van der Waals surface area contributed by atoms with E-state index in [4.69, 9.17) is 0 Å². The number of benzene rings is 2. The molecule has 0 bridgehead atoms. The number of pyridine rings is 1. The predicted octanol–water partition coefficient (Wildman–Crippen LogP) is 5.45. The van der Waals surface area contributed by atoms with Crippen LogP contribution in [0.5, 0.6) is 0 Å². The molecule has 2 aromatic carbocycles. The fourth-order valence-electron chi connectivity index (χ4n) is 3.48. The lowest BCUT2D eigenvalue weighted by atomic mass is 10.2. The molecule has 2 aromatic heterocycles. The van der Waals surface area contributed by atoms with E-state index in [2.05, 4.69) is 59.0 Å². The van der Waals surface area contributed by atoms with Gasteiger partial charge in [0.05, 0.1) is 5.52 Å². The first-order valence-electron chi connectivity index (χ1n) is 9.10. The number of rotatable bonds is 5. The number of anilines is 1. The van der Waals surface area contributed by atoms with Crippen LogP contribution in [0.3, 0.4) is 0 Å². The van der Waals surface area contributed by atoms with Gasteiger partial charge in [0, 0.05) is 30.4 Å². The Morgan fingerprint density at radius 2 is 1.67 bits per heavy atom. The Hall–Kier alpha value is -3.14. The van der Waals surface area contributed by atoms with Crippen molar-refractivity contribution in [3.05, 3.63) is 95.1 Å². The lowest BCUT2D eigenvalue weighted by molar-refractivity contribution is 0.627. The van der Waals surface area contributed by atoms with Gasteiger partial charge in [0.15, 0.2) is 5.82 Å². The van der Waals surface area contributed by atoms with Gasteiger partial charge in [-0.25, -0.2) is 9.37 Å². The number of hydrogen-bond donors (Lipinski definition) is 1. The second-order valence-corrected chi connectivity index (χ2v) is 6.82. The average molecular weight is 359 g/mol. The van der Waals surface area contributed by atoms with Gasteiger partial charge >= 0.3 is 0 Å². The Labute approximate surface area is 158 Å². The van der Waals surface area contributed by atoms with Crippen molar-refractivity contribution in [3.63, 3.8) is 0 Å². The summed E-state index contributed by atoms with van der Waals surface area (Å²) in [6.45, 7) is 5.71. The number of hydrogen-bond acceptors (Lipinski definition) is 2. The van der Waals surface area contributed by atoms with E-state index in [-0.39, 0.29) is 5.82 Å². The number of halogens is 1. The van der Waals surface area contributed by atoms with E-state index in [9.17, 15) is 4.39 Å². The van der Waals surface area contributed by atoms with Gasteiger partial charge in [0.1, 0.15) is 5.82 Å². The zero-order valence-corrected chi connectivity index (χ0v) is 15.5. The van der Waals surface area contributed by atoms with Crippen LogP contribution in [0, 0.1) is 19.7 Å². The highest BCUT2D eigenvalue weighted by Gasteiger charge is 2.15. The minimum Gasteiger partial charge on any atom is -0.364 e. The second-order valence-electron chi connectivity index (χ2n) is 6.82. The van der Waals surface area contributed by atoms with Crippen molar-refractivity contribution >= 4 is 16.7 Å². The van der Waals surface area contributed by atoms with Gasteiger partial charge in [-0.1, -0.05) is 42.5 Å². The van der Waals surface area contributed by atoms with Crippen LogP contribution in [0.4, 0.5) is 10.2 Å². The van der Waals surface area contributed by atoms with Gasteiger partial charge in [-0.05, 0) is 48.7 Å². The number of nitrogens with zero attached hydrogens (tertiary/aromatic N) is 2. The molecule has 0 radical (unpaired) electrons. The molecule has 27 heavy (non-hydrogen) atoms. The van der Waals surface area contributed by atoms with Crippen LogP contribution in [0.25, 0.3) is 10.9 Å². The van der Waals surface area contributed by atoms with Crippen LogP contribution in [0.2, 0.25) is 0 Å². The number of nitrogens with one attached hydrogen (secondary N) is 1. The quantitative estimate of drug-likeness (QED) is 0.513. The molecule has 2 heterocycles. The SMILES string of the molecule is Cc1c(C)n(Cc2ccccc2)c2c(NCc3ccc(F)cc3)nccc12. The maximum absolute atomic E-state index is 13.1. The first-order valence-corrected chi connectivity index (χ1v) is 9.10. The van der Waals surface area contributed by atoms with Gasteiger partial charge in [-0.3, -0.25) is 0 Å². The van der Waals surface area contributed by atoms with E-state index in [0.717, 1.165) is 23.4 Å². The highest BCUT2D eigenvalue weighted by atomic mass is 19.1. The van der Waals surface area contributed by atoms with E-state index in [1.54, 1.807) is 12.1 Å². The Morgan fingerprint density at radius 3 is 2.41 bits per heavy atom. The Balaban J connectivity index is 1.72. The molecule has 0 aliphatic carbocycles. The van der Waals surface area contributed by atoms with Gasteiger partial charge in [0.25, 0.3) is 0 Å². The molecule has 4 aromatic rings. The summed E-state index contributed by atoms with van der Waals surface area (Å²) in [5.74, 6) is 0.630. The van der Waals surface area contributed by atoms with E-state index in [0.29, 0.717) is 6.54 Å². The molecule has 4 heteroatoms. The van der Waals surface area contributed by atoms with E-state index >= 15 is 0 Å². The van der Waals surface area contributed by atoms with E-state index in [1.165, 1.54) is 34.3 Å². The maximum atomic E-state index is 13.1. The zero-order valence-electron chi connectivity index (χ0n) is 15.5. The normalized spacial score (nSPS) is 11.1. The third-order valence-electron chi connectivity index (χ3n) is 5.10. The first-order chi connectivity index (χ1) is 13.1. The summed E-state index contributed by atoms with van der Waals surface area (Å²) in [5.41, 5.74) is 5.90. The predicted molar refractivity (Wildman–Crippen MR) is 108 cm³/mol. The number of aryl methyl sites for hydroxylation is 1. The molecule has 3 nitrogen and oxygen atoms in total. The standard InChI is InChI=1S/C23H22FN3/c1-16-17(2)27(15-19-6-4-3-5-7-19)22-21(16)12-13-25-23(22)26-14-18-8-10-20(24)11-9-18/h3-13H,14-15H2,1-2H3,(H,25,26). The Bertz CT molecular complexity index is 1070. The van der Waals surface area contributed by atoms with Crippen LogP contribution in [0.1, 0.15) is 22.4 Å². The van der Waals surface area contributed by atoms with Crippen LogP contribution in [0.15, 0.2) is 66.9 Å². The molecule has 0 unspecified atom stereocenters. The molecule has 0 amide bonds. The van der Waals surface area contributed by atoms with E-state index in [1.807, 2.05) is 12.3 Å². The van der Waals surface area contributed by atoms with Crippen LogP contribution in [-0.2, 0) is 13.1 Å². The minimum atomic E-state index is -0.220. The summed E-state index contributed by atoms with van der Waals surface area (Å²) >= 11 is 0. The lowest BCUT2D eigenvalue weighted by Gasteiger charge is -2.13. The molecule has 0 spiro atoms. The molecule has 136 valence electrons. The molecule has 0 aliphatic heterocycles. The van der Waals surface area contributed by atoms with Crippen molar-refractivity contribution in [2.45, 2.75) is 26.9 Å². The smallest absolute Gasteiger partial charge is 0.150 e. The highest BCUT2D eigenvalue weighted by molar-refractivity contribution is 5.93. The number of fused-ring (bicyclic) bond motifs is 1. The Morgan fingerprint density at radius 1 is 0.926 bits per heavy atom. The maximum Gasteiger partial charge on any atom is 0.150 e. The lowest BCUT2D eigenvalue weighted by Crippen LogP contribution is -2.07. The van der Waals surface area contributed by atoms with Gasteiger partial charge < -0.3 is 9.88 Å². The fraction of sp³-hybridized carbons (Fsp3) is 0.174. The summed E-state index contributed by atoms with van der Waals surface area (Å²) in [7, 11) is 0. The van der Waals surface area contributed by atoms with Crippen molar-refractivity contribution < 1.29 is 4.39 Å². The average Bonchev–Trinajstić information content (AvgIpc) is 2.94. The van der Waals surface area contributed by atoms with Crippen molar-refractivity contribution in [1.29, 1.82) is 0 Å². The molecule has 0 fully saturated rings. The molecule has 0 atom stereocenters. The van der Waals surface area contributed by atoms with Crippen LogP contribution < -0.4 is 5.32 Å². The van der Waals surface area contributed by atoms with Crippen molar-refractivity contribution in [1.82, 2.24) is 9.55 Å². The molecular weight excluding hydrogens is 337 g/mol. The monoisotopic (exact) mass is 359 g/mol. The summed E-state index contributed by atoms with van der Waals surface area (Å²) in [5, 5.41) is 4.64. The van der Waals surface area contributed by atoms with Crippen molar-refractivity contribution in [2.24, 2.45) is 0 Å². The zero-order chi connectivity index (χ0) is 18.8. The second kappa shape index (κ2) is 7.23. The summed E-state index contributed by atoms with van der Waals surface area (Å²) < 4.78 is 15.4. The molecular formula is C23H22FN3. The summed E-state index contributed by atoms with van der Waals surface area (Å²) in [6, 6.07) is 19.1. The molecule has 0 aliphatic rings. The summed E-state index contributed by atoms with van der Waals surface area (Å²) in [6.07, 6.45) is 1.84. The minimum absolute atomic E-state index is 0.220. The topological polar surface area (TPSA) is 29.9 Å². The largest absolute Gasteiger partial charge is 0.364 e. The molecule has 4 rings (SSSR count). The molecule has 0 saturated carbocycles. The summed E-state index contributed by atoms with van der Waals surface area (Å²) in [4.78, 5) is 4.59. The van der Waals surface area contributed by atoms with Crippen LogP contribution >= 0.6 is 0 Å². The van der Waals surface area contributed by atoms with Gasteiger partial charge in [-0.2, -0.15) is 0 Å². The Kier molecular flexibility index (Phi) is 4.63. The van der Waals surface area contributed by atoms with Gasteiger partial charge in [-0.15, -0.1) is 0 Å². The van der Waals surface area contributed by atoms with Crippen molar-refractivity contribution in [2.75, 3.05) is 5.32 Å². The van der Waals surface area contributed by atoms with E-state index < -0.39 is 0 Å². The number of aromatic nitrogens is 2. The third-order valence-corrected chi connectivity index (χ3v) is 5.10.